The molecule has 0 unspecified atom stereocenters. The number of aliphatic hydroxyl groups excluding tert-OH is 1. The van der Waals surface area contributed by atoms with Crippen LogP contribution in [-0.4, -0.2) is 57.3 Å². The molecule has 4 rings (SSSR count). The third-order valence-corrected chi connectivity index (χ3v) is 8.08. The number of rotatable bonds is 11. The molecule has 1 aliphatic heterocycles. The molecule has 2 heterocycles. The number of carbonyl (C=O) groups is 1. The molecule has 14 heteroatoms. The van der Waals surface area contributed by atoms with E-state index in [9.17, 15) is 24.1 Å². The van der Waals surface area contributed by atoms with Gasteiger partial charge >= 0.3 is 19.4 Å². The Kier molecular flexibility index (Phi) is 8.48. The molecule has 1 aliphatic carbocycles. The number of hydrogen-bond acceptors (Lipinski definition) is 9. The SMILES string of the molecule is CC(C)OC(=O)[C@H](C)N[P@@](=O)(OC[C@H]1O[C@@H](n2ccc(=O)[nH]c2=O)[C@](C)(F)[C@@H]1O)Oc1ccc(C2CC2)cc1. The Morgan fingerprint density at radius 2 is 1.92 bits per heavy atom. The number of nitrogens with zero attached hydrogens (tertiary/aromatic N) is 1. The van der Waals surface area contributed by atoms with Crippen LogP contribution in [-0.2, 0) is 23.4 Å². The summed E-state index contributed by atoms with van der Waals surface area (Å²) in [6, 6.07) is 6.84. The molecule has 0 radical (unpaired) electrons. The molecule has 0 spiro atoms. The maximum absolute atomic E-state index is 15.5. The lowest BCUT2D eigenvalue weighted by molar-refractivity contribution is -0.149. The predicted octanol–water partition coefficient (Wildman–Crippen LogP) is 2.53. The fourth-order valence-corrected chi connectivity index (χ4v) is 5.71. The van der Waals surface area contributed by atoms with Gasteiger partial charge in [-0.25, -0.2) is 13.8 Å². The summed E-state index contributed by atoms with van der Waals surface area (Å²) < 4.78 is 52.1. The molecule has 2 aromatic rings. The number of ether oxygens (including phenoxy) is 2. The van der Waals surface area contributed by atoms with Gasteiger partial charge in [0.05, 0.1) is 12.7 Å². The van der Waals surface area contributed by atoms with E-state index in [2.05, 4.69) is 5.09 Å². The van der Waals surface area contributed by atoms with Gasteiger partial charge in [0.25, 0.3) is 5.56 Å². The standard InChI is InChI=1S/C25H33FN3O9P/c1-14(2)36-22(32)15(3)28-39(34,38-18-9-7-17(8-10-18)16-5-6-16)35-13-19-21(31)25(4,26)23(37-19)29-12-11-20(30)27-24(29)33/h7-12,14-16,19,21,23,31H,5-6,13H2,1-4H3,(H,28,34)(H,27,30,33)/t15-,19+,21+,23+,25+,39+/m0/s1. The number of benzene rings is 1. The average molecular weight is 570 g/mol. The van der Waals surface area contributed by atoms with E-state index >= 15 is 4.39 Å². The van der Waals surface area contributed by atoms with Crippen LogP contribution in [0.2, 0.25) is 0 Å². The van der Waals surface area contributed by atoms with Gasteiger partial charge in [-0.2, -0.15) is 5.09 Å². The quantitative estimate of drug-likeness (QED) is 0.271. The van der Waals surface area contributed by atoms with Crippen molar-refractivity contribution in [2.75, 3.05) is 6.61 Å². The highest BCUT2D eigenvalue weighted by Crippen LogP contribution is 2.48. The average Bonchev–Trinajstić information content (AvgIpc) is 3.67. The molecule has 214 valence electrons. The summed E-state index contributed by atoms with van der Waals surface area (Å²) in [7, 11) is -4.33. The molecule has 1 aromatic carbocycles. The van der Waals surface area contributed by atoms with Crippen LogP contribution in [0.3, 0.4) is 0 Å². The zero-order valence-corrected chi connectivity index (χ0v) is 22.9. The lowest BCUT2D eigenvalue weighted by Gasteiger charge is -2.25. The van der Waals surface area contributed by atoms with Crippen LogP contribution in [0.25, 0.3) is 0 Å². The van der Waals surface area contributed by atoms with Crippen LogP contribution < -0.4 is 20.9 Å². The summed E-state index contributed by atoms with van der Waals surface area (Å²) >= 11 is 0. The summed E-state index contributed by atoms with van der Waals surface area (Å²) in [5, 5.41) is 13.2. The van der Waals surface area contributed by atoms with Crippen LogP contribution in [0, 0.1) is 0 Å². The van der Waals surface area contributed by atoms with Gasteiger partial charge < -0.3 is 19.1 Å². The van der Waals surface area contributed by atoms with Gasteiger partial charge in [0, 0.05) is 12.3 Å². The van der Waals surface area contributed by atoms with Crippen molar-refractivity contribution in [1.29, 1.82) is 0 Å². The smallest absolute Gasteiger partial charge is 0.459 e. The van der Waals surface area contributed by atoms with Gasteiger partial charge in [-0.05, 0) is 64.2 Å². The van der Waals surface area contributed by atoms with E-state index in [0.29, 0.717) is 5.92 Å². The van der Waals surface area contributed by atoms with Crippen LogP contribution >= 0.6 is 7.75 Å². The highest BCUT2D eigenvalue weighted by molar-refractivity contribution is 7.52. The topological polar surface area (TPSA) is 158 Å². The van der Waals surface area contributed by atoms with E-state index in [1.54, 1.807) is 26.0 Å². The zero-order chi connectivity index (χ0) is 28.5. The molecular weight excluding hydrogens is 536 g/mol. The van der Waals surface area contributed by atoms with E-state index in [0.717, 1.165) is 42.2 Å². The largest absolute Gasteiger partial charge is 0.462 e. The monoisotopic (exact) mass is 569 g/mol. The maximum atomic E-state index is 15.5. The summed E-state index contributed by atoms with van der Waals surface area (Å²) in [6.07, 6.45) is -2.00. The van der Waals surface area contributed by atoms with E-state index in [1.165, 1.54) is 6.92 Å². The molecule has 1 saturated carbocycles. The first kappa shape index (κ1) is 29.2. The van der Waals surface area contributed by atoms with Gasteiger partial charge in [0.15, 0.2) is 11.9 Å². The number of alkyl halides is 1. The molecular formula is C25H33FN3O9P. The highest BCUT2D eigenvalue weighted by atomic mass is 31.2. The second-order valence-electron chi connectivity index (χ2n) is 10.2. The number of esters is 1. The molecule has 39 heavy (non-hydrogen) atoms. The van der Waals surface area contributed by atoms with Crippen molar-refractivity contribution < 1.29 is 37.4 Å². The predicted molar refractivity (Wildman–Crippen MR) is 137 cm³/mol. The highest BCUT2D eigenvalue weighted by Gasteiger charge is 2.56. The summed E-state index contributed by atoms with van der Waals surface area (Å²) in [4.78, 5) is 38.0. The van der Waals surface area contributed by atoms with E-state index < -0.39 is 67.8 Å². The fraction of sp³-hybridized carbons (Fsp3) is 0.560. The van der Waals surface area contributed by atoms with E-state index in [-0.39, 0.29) is 5.75 Å². The van der Waals surface area contributed by atoms with Crippen molar-refractivity contribution in [3.05, 3.63) is 62.9 Å². The Hall–Kier alpha value is -2.83. The summed E-state index contributed by atoms with van der Waals surface area (Å²) in [6.45, 7) is 5.13. The number of nitrogens with one attached hydrogen (secondary N) is 2. The molecule has 0 amide bonds. The number of hydrogen-bond donors (Lipinski definition) is 3. The summed E-state index contributed by atoms with van der Waals surface area (Å²) in [5.41, 5.74) is -2.99. The fourth-order valence-electron chi connectivity index (χ4n) is 4.20. The third-order valence-electron chi connectivity index (χ3n) is 6.44. The Labute approximate surface area is 224 Å². The first-order chi connectivity index (χ1) is 18.3. The lowest BCUT2D eigenvalue weighted by atomic mass is 9.98. The van der Waals surface area contributed by atoms with Crippen molar-refractivity contribution in [1.82, 2.24) is 14.6 Å². The molecule has 12 nitrogen and oxygen atoms in total. The number of halogens is 1. The second-order valence-corrected chi connectivity index (χ2v) is 11.9. The molecule has 3 N–H and O–H groups in total. The van der Waals surface area contributed by atoms with Crippen LogP contribution in [0.5, 0.6) is 5.75 Å². The first-order valence-electron chi connectivity index (χ1n) is 12.7. The maximum Gasteiger partial charge on any atom is 0.459 e. The Balaban J connectivity index is 1.52. The van der Waals surface area contributed by atoms with Crippen LogP contribution in [0.4, 0.5) is 4.39 Å². The minimum Gasteiger partial charge on any atom is -0.462 e. The van der Waals surface area contributed by atoms with Gasteiger partial charge in [-0.3, -0.25) is 23.7 Å². The van der Waals surface area contributed by atoms with Crippen molar-refractivity contribution >= 4 is 13.7 Å². The number of H-pyrrole nitrogens is 1. The van der Waals surface area contributed by atoms with Gasteiger partial charge in [-0.1, -0.05) is 12.1 Å². The van der Waals surface area contributed by atoms with E-state index in [4.69, 9.17) is 18.5 Å². The van der Waals surface area contributed by atoms with Gasteiger partial charge in [-0.15, -0.1) is 0 Å². The van der Waals surface area contributed by atoms with Crippen molar-refractivity contribution in [3.63, 3.8) is 0 Å². The molecule has 2 aliphatic rings. The van der Waals surface area contributed by atoms with Crippen LogP contribution in [0.15, 0.2) is 46.1 Å². The minimum atomic E-state index is -4.33. The first-order valence-corrected chi connectivity index (χ1v) is 14.2. The molecule has 2 fully saturated rings. The summed E-state index contributed by atoms with van der Waals surface area (Å²) in [5.74, 6) is -0.0157. The Bertz CT molecular complexity index is 1340. The van der Waals surface area contributed by atoms with Crippen LogP contribution in [0.1, 0.15) is 58.2 Å². The third kappa shape index (κ3) is 6.85. The van der Waals surface area contributed by atoms with E-state index in [1.807, 2.05) is 17.1 Å². The molecule has 6 atom stereocenters. The van der Waals surface area contributed by atoms with Crippen molar-refractivity contribution in [2.24, 2.45) is 0 Å². The Morgan fingerprint density at radius 1 is 1.26 bits per heavy atom. The number of aromatic amines is 1. The molecule has 1 saturated heterocycles. The lowest BCUT2D eigenvalue weighted by Crippen LogP contribution is -2.43. The normalized spacial score (nSPS) is 27.2. The van der Waals surface area contributed by atoms with Crippen molar-refractivity contribution in [3.8, 4) is 5.75 Å². The number of aromatic nitrogens is 2. The number of carbonyl (C=O) groups excluding carboxylic acids is 1. The minimum absolute atomic E-state index is 0.195. The zero-order valence-electron chi connectivity index (χ0n) is 22.0. The van der Waals surface area contributed by atoms with Crippen molar-refractivity contribution in [2.45, 2.75) is 82.7 Å². The van der Waals surface area contributed by atoms with Gasteiger partial charge in [0.1, 0.15) is 24.0 Å². The number of aliphatic hydroxyl groups is 1. The van der Waals surface area contributed by atoms with Gasteiger partial charge in [0.2, 0.25) is 0 Å². The Morgan fingerprint density at radius 3 is 2.51 bits per heavy atom. The second kappa shape index (κ2) is 11.3. The molecule has 0 bridgehead atoms. The molecule has 1 aromatic heterocycles.